The van der Waals surface area contributed by atoms with E-state index >= 15 is 0 Å². The van der Waals surface area contributed by atoms with Gasteiger partial charge in [0.05, 0.1) is 25.7 Å². The highest BCUT2D eigenvalue weighted by atomic mass is 32.1. The molecule has 2 aromatic heterocycles. The van der Waals surface area contributed by atoms with Gasteiger partial charge < -0.3 is 13.9 Å². The molecule has 0 aliphatic heterocycles. The number of carbonyl (C=O) groups excluding carboxylic acids is 2. The van der Waals surface area contributed by atoms with E-state index in [0.717, 1.165) is 33.4 Å². The molecule has 1 amide bonds. The fourth-order valence-electron chi connectivity index (χ4n) is 3.63. The number of nitrogens with zero attached hydrogens (tertiary/aromatic N) is 1. The van der Waals surface area contributed by atoms with Crippen LogP contribution in [-0.4, -0.2) is 30.6 Å². The maximum Gasteiger partial charge on any atom is 0.350 e. The molecule has 7 nitrogen and oxygen atoms in total. The number of carbonyl (C=O) groups is 2. The third kappa shape index (κ3) is 4.72. The van der Waals surface area contributed by atoms with Gasteiger partial charge in [-0.05, 0) is 38.0 Å². The topological polar surface area (TPSA) is 90.7 Å². The van der Waals surface area contributed by atoms with Crippen LogP contribution in [0.4, 0.5) is 5.13 Å². The summed E-state index contributed by atoms with van der Waals surface area (Å²) < 4.78 is 16.4. The summed E-state index contributed by atoms with van der Waals surface area (Å²) in [5.41, 5.74) is 4.68. The average molecular weight is 477 g/mol. The second kappa shape index (κ2) is 9.93. The molecule has 0 atom stereocenters. The van der Waals surface area contributed by atoms with Crippen LogP contribution in [0.15, 0.2) is 59.2 Å². The van der Waals surface area contributed by atoms with Crippen LogP contribution in [0.2, 0.25) is 0 Å². The van der Waals surface area contributed by atoms with Crippen LogP contribution < -0.4 is 10.1 Å². The molecule has 4 rings (SSSR count). The molecule has 4 aromatic rings. The highest BCUT2D eigenvalue weighted by molar-refractivity contribution is 7.17. The Labute approximate surface area is 201 Å². The molecule has 34 heavy (non-hydrogen) atoms. The number of anilines is 1. The number of ether oxygens (including phenoxy) is 2. The van der Waals surface area contributed by atoms with Crippen molar-refractivity contribution in [1.82, 2.24) is 4.98 Å². The van der Waals surface area contributed by atoms with Crippen LogP contribution in [0, 0.1) is 6.92 Å². The van der Waals surface area contributed by atoms with Gasteiger partial charge in [0.2, 0.25) is 5.91 Å². The number of hydrogen-bond acceptors (Lipinski definition) is 7. The van der Waals surface area contributed by atoms with Crippen molar-refractivity contribution in [1.29, 1.82) is 0 Å². The summed E-state index contributed by atoms with van der Waals surface area (Å²) in [6.07, 6.45) is 3.20. The van der Waals surface area contributed by atoms with E-state index in [-0.39, 0.29) is 12.5 Å². The van der Waals surface area contributed by atoms with E-state index < -0.39 is 5.97 Å². The number of aromatic nitrogens is 1. The number of furan rings is 1. The zero-order valence-corrected chi connectivity index (χ0v) is 20.1. The predicted molar refractivity (Wildman–Crippen MR) is 133 cm³/mol. The smallest absolute Gasteiger partial charge is 0.350 e. The summed E-state index contributed by atoms with van der Waals surface area (Å²) in [6, 6.07) is 13.7. The third-order valence-corrected chi connectivity index (χ3v) is 6.29. The molecule has 0 unspecified atom stereocenters. The first-order valence-corrected chi connectivity index (χ1v) is 11.5. The van der Waals surface area contributed by atoms with Gasteiger partial charge in [-0.3, -0.25) is 10.1 Å². The van der Waals surface area contributed by atoms with Crippen LogP contribution in [-0.2, 0) is 9.53 Å². The summed E-state index contributed by atoms with van der Waals surface area (Å²) in [5.74, 6) is -0.214. The molecule has 0 spiro atoms. The summed E-state index contributed by atoms with van der Waals surface area (Å²) in [5, 5.41) is 3.99. The number of nitrogens with one attached hydrogen (secondary N) is 1. The lowest BCUT2D eigenvalue weighted by Gasteiger charge is -2.10. The third-order valence-electron chi connectivity index (χ3n) is 5.24. The molecule has 0 aliphatic rings. The molecular formula is C26H24N2O5S. The average Bonchev–Trinajstić information content (AvgIpc) is 3.41. The van der Waals surface area contributed by atoms with E-state index in [9.17, 15) is 9.59 Å². The number of allylic oxidation sites excluding steroid dienone is 1. The largest absolute Gasteiger partial charge is 0.496 e. The normalized spacial score (nSPS) is 11.5. The molecule has 0 fully saturated rings. The number of fused-ring (bicyclic) bond motifs is 1. The van der Waals surface area contributed by atoms with Gasteiger partial charge in [0.25, 0.3) is 0 Å². The molecule has 8 heteroatoms. The first-order valence-electron chi connectivity index (χ1n) is 10.7. The van der Waals surface area contributed by atoms with Crippen molar-refractivity contribution < 1.29 is 23.5 Å². The predicted octanol–water partition coefficient (Wildman–Crippen LogP) is 6.09. The van der Waals surface area contributed by atoms with E-state index in [1.807, 2.05) is 49.4 Å². The molecule has 0 saturated heterocycles. The molecule has 1 N–H and O–H groups in total. The van der Waals surface area contributed by atoms with Crippen molar-refractivity contribution in [3.8, 4) is 16.9 Å². The molecule has 2 heterocycles. The van der Waals surface area contributed by atoms with Crippen LogP contribution in [0.1, 0.15) is 34.8 Å². The number of methoxy groups -OCH3 is 1. The number of esters is 1. The van der Waals surface area contributed by atoms with Crippen molar-refractivity contribution in [2.45, 2.75) is 20.8 Å². The Hall–Kier alpha value is -3.91. The molecule has 2 aromatic carbocycles. The number of amides is 1. The molecular weight excluding hydrogens is 452 g/mol. The number of aryl methyl sites for hydroxylation is 1. The van der Waals surface area contributed by atoms with Crippen molar-refractivity contribution >= 4 is 44.9 Å². The summed E-state index contributed by atoms with van der Waals surface area (Å²) in [6.45, 7) is 5.55. The Morgan fingerprint density at radius 2 is 1.97 bits per heavy atom. The van der Waals surface area contributed by atoms with E-state index in [1.54, 1.807) is 27.2 Å². The Balaban J connectivity index is 1.63. The highest BCUT2D eigenvalue weighted by Crippen LogP contribution is 2.37. The minimum Gasteiger partial charge on any atom is -0.496 e. The standard InChI is InChI=1S/C26H24N2O5S/c1-5-32-25(30)24-16(3)27-26(34-24)28-23(29)11-15(2)18-12-19-20(17-9-7-6-8-10-17)14-33-22(19)13-21(18)31-4/h6-14H,5H2,1-4H3,(H,27,28,29)/b15-11+. The van der Waals surface area contributed by atoms with Gasteiger partial charge in [0, 0.05) is 28.7 Å². The van der Waals surface area contributed by atoms with Crippen molar-refractivity contribution in [3.05, 3.63) is 70.9 Å². The van der Waals surface area contributed by atoms with Gasteiger partial charge in [0.1, 0.15) is 16.2 Å². The maximum absolute atomic E-state index is 12.7. The number of thiazole rings is 1. The fourth-order valence-corrected chi connectivity index (χ4v) is 4.49. The van der Waals surface area contributed by atoms with Gasteiger partial charge in [-0.1, -0.05) is 41.7 Å². The monoisotopic (exact) mass is 476 g/mol. The lowest BCUT2D eigenvalue weighted by Crippen LogP contribution is -2.08. The van der Waals surface area contributed by atoms with Crippen LogP contribution in [0.25, 0.3) is 27.7 Å². The zero-order chi connectivity index (χ0) is 24.2. The molecule has 0 radical (unpaired) electrons. The van der Waals surface area contributed by atoms with Gasteiger partial charge in [-0.15, -0.1) is 0 Å². The number of rotatable bonds is 7. The zero-order valence-electron chi connectivity index (χ0n) is 19.3. The Morgan fingerprint density at radius 1 is 1.21 bits per heavy atom. The minimum atomic E-state index is -0.447. The molecule has 0 aliphatic carbocycles. The minimum absolute atomic E-state index is 0.272. The molecule has 0 bridgehead atoms. The van der Waals surface area contributed by atoms with E-state index in [2.05, 4.69) is 10.3 Å². The lowest BCUT2D eigenvalue weighted by atomic mass is 9.99. The first kappa shape index (κ1) is 23.3. The van der Waals surface area contributed by atoms with Crippen LogP contribution in [0.5, 0.6) is 5.75 Å². The summed E-state index contributed by atoms with van der Waals surface area (Å²) in [7, 11) is 1.58. The summed E-state index contributed by atoms with van der Waals surface area (Å²) >= 11 is 1.09. The first-order chi connectivity index (χ1) is 16.4. The number of benzene rings is 2. The maximum atomic E-state index is 12.7. The Kier molecular flexibility index (Phi) is 6.79. The van der Waals surface area contributed by atoms with E-state index in [4.69, 9.17) is 13.9 Å². The van der Waals surface area contributed by atoms with Crippen LogP contribution in [0.3, 0.4) is 0 Å². The second-order valence-electron chi connectivity index (χ2n) is 7.53. The highest BCUT2D eigenvalue weighted by Gasteiger charge is 2.18. The number of hydrogen-bond donors (Lipinski definition) is 1. The quantitative estimate of drug-likeness (QED) is 0.256. The summed E-state index contributed by atoms with van der Waals surface area (Å²) in [4.78, 5) is 29.4. The molecule has 0 saturated carbocycles. The van der Waals surface area contributed by atoms with Crippen molar-refractivity contribution in [2.75, 3.05) is 19.0 Å². The fraction of sp³-hybridized carbons (Fsp3) is 0.192. The van der Waals surface area contributed by atoms with Gasteiger partial charge in [-0.25, -0.2) is 9.78 Å². The lowest BCUT2D eigenvalue weighted by molar-refractivity contribution is -0.111. The van der Waals surface area contributed by atoms with Crippen molar-refractivity contribution in [2.24, 2.45) is 0 Å². The van der Waals surface area contributed by atoms with Crippen LogP contribution >= 0.6 is 11.3 Å². The van der Waals surface area contributed by atoms with Crippen molar-refractivity contribution in [3.63, 3.8) is 0 Å². The SMILES string of the molecule is CCOC(=O)c1sc(NC(=O)/C=C(\C)c2cc3c(-c4ccccc4)coc3cc2OC)nc1C. The Bertz CT molecular complexity index is 1390. The Morgan fingerprint density at radius 3 is 2.68 bits per heavy atom. The van der Waals surface area contributed by atoms with E-state index in [0.29, 0.717) is 32.6 Å². The molecule has 174 valence electrons. The second-order valence-corrected chi connectivity index (χ2v) is 8.53. The van der Waals surface area contributed by atoms with Gasteiger partial charge in [-0.2, -0.15) is 0 Å². The van der Waals surface area contributed by atoms with Gasteiger partial charge in [0.15, 0.2) is 5.13 Å². The van der Waals surface area contributed by atoms with E-state index in [1.165, 1.54) is 6.08 Å². The van der Waals surface area contributed by atoms with Gasteiger partial charge >= 0.3 is 5.97 Å².